The molecule has 2 aromatic heterocycles. The van der Waals surface area contributed by atoms with Gasteiger partial charge in [0.15, 0.2) is 5.69 Å². The minimum absolute atomic E-state index is 0.0602. The Morgan fingerprint density at radius 1 is 1.25 bits per heavy atom. The Labute approximate surface area is 208 Å². The number of nitrogen functional groups attached to an aromatic ring is 1. The zero-order valence-corrected chi connectivity index (χ0v) is 20.2. The second kappa shape index (κ2) is 11.0. The summed E-state index contributed by atoms with van der Waals surface area (Å²) in [6.07, 6.45) is 1.58. The fourth-order valence-electron chi connectivity index (χ4n) is 4.40. The number of nitrogens with two attached hydrogens (primary N) is 2. The number of rotatable bonds is 9. The summed E-state index contributed by atoms with van der Waals surface area (Å²) in [7, 11) is 0. The predicted molar refractivity (Wildman–Crippen MR) is 131 cm³/mol. The molecule has 36 heavy (non-hydrogen) atoms. The number of piperidine rings is 1. The first-order valence-corrected chi connectivity index (χ1v) is 12.1. The van der Waals surface area contributed by atoms with Crippen molar-refractivity contribution in [2.45, 2.75) is 50.7 Å². The second-order valence-electron chi connectivity index (χ2n) is 9.50. The van der Waals surface area contributed by atoms with Crippen molar-refractivity contribution >= 4 is 23.3 Å². The average molecular weight is 502 g/mol. The van der Waals surface area contributed by atoms with Crippen molar-refractivity contribution in [1.29, 1.82) is 0 Å². The molecule has 11 nitrogen and oxygen atoms in total. The number of primary amides is 1. The summed E-state index contributed by atoms with van der Waals surface area (Å²) < 4.78 is 18.9. The Morgan fingerprint density at radius 2 is 1.97 bits per heavy atom. The molecule has 194 valence electrons. The number of nitrogens with one attached hydrogen (secondary N) is 1. The van der Waals surface area contributed by atoms with E-state index in [-0.39, 0.29) is 48.1 Å². The van der Waals surface area contributed by atoms with Crippen LogP contribution in [0.1, 0.15) is 65.2 Å². The van der Waals surface area contributed by atoms with Gasteiger partial charge >= 0.3 is 6.01 Å². The number of ether oxygens (including phenoxy) is 1. The molecular formula is C24H32FN7O4. The number of anilines is 2. The molecule has 1 aliphatic heterocycles. The van der Waals surface area contributed by atoms with Crippen LogP contribution in [-0.4, -0.2) is 70.4 Å². The lowest BCUT2D eigenvalue weighted by Gasteiger charge is -2.33. The number of pyridine rings is 1. The van der Waals surface area contributed by atoms with Crippen molar-refractivity contribution in [3.8, 4) is 6.01 Å². The average Bonchev–Trinajstić information content (AvgIpc) is 2.85. The molecule has 2 aromatic rings. The first kappa shape index (κ1) is 25.5. The topological polar surface area (TPSA) is 170 Å². The van der Waals surface area contributed by atoms with Crippen molar-refractivity contribution in [3.05, 3.63) is 35.3 Å². The maximum Gasteiger partial charge on any atom is 0.319 e. The first-order valence-electron chi connectivity index (χ1n) is 12.1. The van der Waals surface area contributed by atoms with Crippen LogP contribution >= 0.6 is 0 Å². The lowest BCUT2D eigenvalue weighted by atomic mass is 9.84. The van der Waals surface area contributed by atoms with Crippen LogP contribution in [0.2, 0.25) is 0 Å². The van der Waals surface area contributed by atoms with Gasteiger partial charge in [-0.05, 0) is 50.7 Å². The summed E-state index contributed by atoms with van der Waals surface area (Å²) in [5.41, 5.74) is 12.4. The van der Waals surface area contributed by atoms with E-state index in [0.717, 1.165) is 18.5 Å². The van der Waals surface area contributed by atoms with Gasteiger partial charge < -0.3 is 31.5 Å². The first-order chi connectivity index (χ1) is 17.2. The Bertz CT molecular complexity index is 1100. The van der Waals surface area contributed by atoms with Crippen molar-refractivity contribution in [3.63, 3.8) is 0 Å². The number of aliphatic hydroxyl groups is 1. The third-order valence-corrected chi connectivity index (χ3v) is 6.62. The van der Waals surface area contributed by atoms with E-state index in [4.69, 9.17) is 16.2 Å². The molecule has 12 heteroatoms. The Kier molecular flexibility index (Phi) is 7.82. The lowest BCUT2D eigenvalue weighted by Crippen LogP contribution is -2.37. The Hall–Kier alpha value is -3.54. The highest BCUT2D eigenvalue weighted by Crippen LogP contribution is 2.32. The molecule has 1 saturated carbocycles. The van der Waals surface area contributed by atoms with E-state index in [9.17, 15) is 19.1 Å². The number of aliphatic hydroxyl groups excluding tert-OH is 1. The van der Waals surface area contributed by atoms with Crippen LogP contribution in [0.25, 0.3) is 0 Å². The Morgan fingerprint density at radius 3 is 2.61 bits per heavy atom. The van der Waals surface area contributed by atoms with Gasteiger partial charge in [0.1, 0.15) is 17.7 Å². The van der Waals surface area contributed by atoms with Crippen LogP contribution in [-0.2, 0) is 0 Å². The van der Waals surface area contributed by atoms with Crippen LogP contribution in [0.3, 0.4) is 0 Å². The zero-order valence-electron chi connectivity index (χ0n) is 20.2. The number of hydrogen-bond donors (Lipinski definition) is 4. The highest BCUT2D eigenvalue weighted by atomic mass is 19.1. The van der Waals surface area contributed by atoms with Gasteiger partial charge in [0, 0.05) is 36.8 Å². The summed E-state index contributed by atoms with van der Waals surface area (Å²) in [5, 5.41) is 12.0. The number of carbonyl (C=O) groups excluding carboxylic acids is 2. The van der Waals surface area contributed by atoms with E-state index in [1.807, 2.05) is 11.0 Å². The van der Waals surface area contributed by atoms with Crippen molar-refractivity contribution in [2.75, 3.05) is 36.9 Å². The molecule has 0 unspecified atom stereocenters. The number of aromatic nitrogens is 3. The van der Waals surface area contributed by atoms with Crippen LogP contribution < -0.4 is 26.4 Å². The van der Waals surface area contributed by atoms with Gasteiger partial charge in [-0.2, -0.15) is 9.97 Å². The van der Waals surface area contributed by atoms with Gasteiger partial charge in [0.25, 0.3) is 11.8 Å². The van der Waals surface area contributed by atoms with Crippen molar-refractivity contribution < 1.29 is 23.8 Å². The standard InChI is InChI=1S/C24H32FN7O4/c1-13(11-33)28-23(35)19-10-20(31-24(30-19)36-12-14-8-16(25)9-14)32-6-4-15(5-7-32)18-3-2-17(26)21(29-18)22(27)34/h2-3,10,13-16,33H,4-9,11-12,26H2,1H3,(H2,27,34)(H,28,35)/t13-,14?,16?/m1/s1. The molecule has 4 rings (SSSR count). The highest BCUT2D eigenvalue weighted by molar-refractivity contribution is 5.95. The number of alkyl halides is 1. The van der Waals surface area contributed by atoms with Crippen molar-refractivity contribution in [1.82, 2.24) is 20.3 Å². The van der Waals surface area contributed by atoms with E-state index >= 15 is 0 Å². The summed E-state index contributed by atoms with van der Waals surface area (Å²) in [6, 6.07) is 4.68. The molecular weight excluding hydrogens is 469 g/mol. The molecule has 1 aliphatic carbocycles. The molecule has 6 N–H and O–H groups in total. The van der Waals surface area contributed by atoms with Gasteiger partial charge in [0.2, 0.25) is 0 Å². The van der Waals surface area contributed by atoms with Crippen molar-refractivity contribution in [2.24, 2.45) is 11.7 Å². The third kappa shape index (κ3) is 5.99. The molecule has 0 radical (unpaired) electrons. The quantitative estimate of drug-likeness (QED) is 0.394. The van der Waals surface area contributed by atoms with Gasteiger partial charge in [-0.25, -0.2) is 9.37 Å². The molecule has 3 heterocycles. The fourth-order valence-corrected chi connectivity index (χ4v) is 4.40. The zero-order chi connectivity index (χ0) is 25.8. The number of carbonyl (C=O) groups is 2. The van der Waals surface area contributed by atoms with E-state index in [1.54, 1.807) is 19.1 Å². The van der Waals surface area contributed by atoms with Crippen LogP contribution in [0.4, 0.5) is 15.9 Å². The maximum atomic E-state index is 13.2. The SMILES string of the molecule is C[C@H](CO)NC(=O)c1cc(N2CCC(c3ccc(N)c(C(N)=O)n3)CC2)nc(OCC2CC(F)C2)n1. The fraction of sp³-hybridized carbons (Fsp3) is 0.542. The molecule has 1 saturated heterocycles. The van der Waals surface area contributed by atoms with E-state index in [1.165, 1.54) is 0 Å². The summed E-state index contributed by atoms with van der Waals surface area (Å²) in [6.45, 7) is 3.01. The van der Waals surface area contributed by atoms with Crippen LogP contribution in [0.15, 0.2) is 18.2 Å². The third-order valence-electron chi connectivity index (χ3n) is 6.62. The van der Waals surface area contributed by atoms with Gasteiger partial charge in [0.05, 0.1) is 18.9 Å². The smallest absolute Gasteiger partial charge is 0.319 e. The number of hydrogen-bond acceptors (Lipinski definition) is 9. The predicted octanol–water partition coefficient (Wildman–Crippen LogP) is 1.17. The van der Waals surface area contributed by atoms with E-state index in [0.29, 0.717) is 31.7 Å². The number of nitrogens with zero attached hydrogens (tertiary/aromatic N) is 4. The van der Waals surface area contributed by atoms with Gasteiger partial charge in [-0.1, -0.05) is 0 Å². The van der Waals surface area contributed by atoms with E-state index in [2.05, 4.69) is 20.3 Å². The lowest BCUT2D eigenvalue weighted by molar-refractivity contribution is 0.0816. The summed E-state index contributed by atoms with van der Waals surface area (Å²) in [4.78, 5) is 39.5. The van der Waals surface area contributed by atoms with E-state index < -0.39 is 24.0 Å². The Balaban J connectivity index is 1.48. The molecule has 0 spiro atoms. The van der Waals surface area contributed by atoms with Crippen LogP contribution in [0, 0.1) is 5.92 Å². The highest BCUT2D eigenvalue weighted by Gasteiger charge is 2.30. The van der Waals surface area contributed by atoms with Gasteiger partial charge in [-0.15, -0.1) is 0 Å². The molecule has 0 bridgehead atoms. The molecule has 0 aromatic carbocycles. The molecule has 2 fully saturated rings. The molecule has 2 amide bonds. The molecule has 1 atom stereocenters. The van der Waals surface area contributed by atoms with Gasteiger partial charge in [-0.3, -0.25) is 9.59 Å². The minimum atomic E-state index is -0.789. The largest absolute Gasteiger partial charge is 0.463 e. The second-order valence-corrected chi connectivity index (χ2v) is 9.50. The summed E-state index contributed by atoms with van der Waals surface area (Å²) in [5.74, 6) is -0.353. The normalized spacial score (nSPS) is 20.9. The maximum absolute atomic E-state index is 13.2. The monoisotopic (exact) mass is 501 g/mol. The molecule has 2 aliphatic rings. The number of halogens is 1. The summed E-state index contributed by atoms with van der Waals surface area (Å²) >= 11 is 0. The minimum Gasteiger partial charge on any atom is -0.463 e. The number of amides is 2. The van der Waals surface area contributed by atoms with Crippen LogP contribution in [0.5, 0.6) is 6.01 Å².